The second kappa shape index (κ2) is 5.44. The molecule has 1 aromatic carbocycles. The zero-order valence-corrected chi connectivity index (χ0v) is 12.5. The van der Waals surface area contributed by atoms with Crippen molar-refractivity contribution in [2.75, 3.05) is 5.32 Å². The molecule has 0 aromatic heterocycles. The Morgan fingerprint density at radius 3 is 2.75 bits per heavy atom. The van der Waals surface area contributed by atoms with Gasteiger partial charge < -0.3 is 16.2 Å². The maximum absolute atomic E-state index is 12.5. The lowest BCUT2D eigenvalue weighted by Gasteiger charge is -2.35. The fourth-order valence-corrected chi connectivity index (χ4v) is 2.98. The van der Waals surface area contributed by atoms with Crippen molar-refractivity contribution in [1.82, 2.24) is 0 Å². The zero-order valence-electron chi connectivity index (χ0n) is 12.5. The third kappa shape index (κ3) is 2.96. The fraction of sp³-hybridized carbons (Fsp3) is 0.562. The van der Waals surface area contributed by atoms with Gasteiger partial charge in [0.1, 0.15) is 5.75 Å². The molecule has 1 aliphatic rings. The molecule has 1 saturated carbocycles. The molecule has 2 unspecified atom stereocenters. The second-order valence-electron chi connectivity index (χ2n) is 6.27. The van der Waals surface area contributed by atoms with Crippen LogP contribution in [0.25, 0.3) is 0 Å². The summed E-state index contributed by atoms with van der Waals surface area (Å²) in [6.07, 6.45) is 3.61. The standard InChI is InChI=1S/C16H24N2O2/c1-10-5-4-6-16(17,9-10)15(20)18-13-7-12(3)14(19)8-11(13)2/h7-8,10,19H,4-6,9,17H2,1-3H3,(H,18,20). The summed E-state index contributed by atoms with van der Waals surface area (Å²) >= 11 is 0. The predicted octanol–water partition coefficient (Wildman–Crippen LogP) is 2.86. The van der Waals surface area contributed by atoms with Crippen LogP contribution in [-0.2, 0) is 4.79 Å². The number of phenolic OH excluding ortho intramolecular Hbond substituents is 1. The first kappa shape index (κ1) is 14.9. The molecule has 20 heavy (non-hydrogen) atoms. The number of nitrogens with two attached hydrogens (primary N) is 1. The Balaban J connectivity index is 2.17. The van der Waals surface area contributed by atoms with Crippen molar-refractivity contribution in [3.63, 3.8) is 0 Å². The van der Waals surface area contributed by atoms with Gasteiger partial charge in [-0.3, -0.25) is 4.79 Å². The highest BCUT2D eigenvalue weighted by Crippen LogP contribution is 2.32. The van der Waals surface area contributed by atoms with Crippen molar-refractivity contribution in [2.45, 2.75) is 52.0 Å². The van der Waals surface area contributed by atoms with E-state index in [0.29, 0.717) is 5.92 Å². The fourth-order valence-electron chi connectivity index (χ4n) is 2.98. The largest absolute Gasteiger partial charge is 0.508 e. The Kier molecular flexibility index (Phi) is 4.04. The molecule has 0 heterocycles. The molecule has 1 aromatic rings. The quantitative estimate of drug-likeness (QED) is 0.727. The molecule has 2 rings (SSSR count). The monoisotopic (exact) mass is 276 g/mol. The maximum Gasteiger partial charge on any atom is 0.244 e. The van der Waals surface area contributed by atoms with Crippen molar-refractivity contribution < 1.29 is 9.90 Å². The van der Waals surface area contributed by atoms with Gasteiger partial charge in [0, 0.05) is 5.69 Å². The first-order chi connectivity index (χ1) is 9.32. The second-order valence-corrected chi connectivity index (χ2v) is 6.27. The van der Waals surface area contributed by atoms with Crippen LogP contribution in [0.5, 0.6) is 5.75 Å². The van der Waals surface area contributed by atoms with E-state index in [0.717, 1.165) is 42.5 Å². The van der Waals surface area contributed by atoms with Crippen LogP contribution in [0.3, 0.4) is 0 Å². The van der Waals surface area contributed by atoms with Crippen LogP contribution in [0.15, 0.2) is 12.1 Å². The average Bonchev–Trinajstić information content (AvgIpc) is 2.35. The number of amides is 1. The van der Waals surface area contributed by atoms with Crippen LogP contribution in [0.4, 0.5) is 5.69 Å². The van der Waals surface area contributed by atoms with Gasteiger partial charge in [-0.2, -0.15) is 0 Å². The molecule has 0 spiro atoms. The number of hydrogen-bond acceptors (Lipinski definition) is 3. The SMILES string of the molecule is Cc1cc(NC(=O)C2(N)CCCC(C)C2)c(C)cc1O. The van der Waals surface area contributed by atoms with Gasteiger partial charge in [0.25, 0.3) is 0 Å². The molecule has 1 aliphatic carbocycles. The van der Waals surface area contributed by atoms with E-state index in [-0.39, 0.29) is 11.7 Å². The van der Waals surface area contributed by atoms with Crippen LogP contribution in [0.1, 0.15) is 43.7 Å². The number of aryl methyl sites for hydroxylation is 2. The summed E-state index contributed by atoms with van der Waals surface area (Å²) in [5.74, 6) is 0.619. The van der Waals surface area contributed by atoms with Crippen LogP contribution >= 0.6 is 0 Å². The number of anilines is 1. The Bertz CT molecular complexity index is 527. The van der Waals surface area contributed by atoms with Gasteiger partial charge in [0.15, 0.2) is 0 Å². The molecule has 0 saturated heterocycles. The van der Waals surface area contributed by atoms with Gasteiger partial charge in [-0.25, -0.2) is 0 Å². The minimum atomic E-state index is -0.768. The van der Waals surface area contributed by atoms with E-state index in [1.165, 1.54) is 0 Å². The van der Waals surface area contributed by atoms with E-state index in [1.807, 2.05) is 13.8 Å². The number of benzene rings is 1. The van der Waals surface area contributed by atoms with E-state index >= 15 is 0 Å². The zero-order chi connectivity index (χ0) is 14.9. The molecule has 0 bridgehead atoms. The van der Waals surface area contributed by atoms with Gasteiger partial charge >= 0.3 is 0 Å². The minimum absolute atomic E-state index is 0.114. The topological polar surface area (TPSA) is 75.4 Å². The lowest BCUT2D eigenvalue weighted by Crippen LogP contribution is -2.53. The molecular formula is C16H24N2O2. The summed E-state index contributed by atoms with van der Waals surface area (Å²) in [5, 5.41) is 12.6. The number of rotatable bonds is 2. The average molecular weight is 276 g/mol. The highest BCUT2D eigenvalue weighted by Gasteiger charge is 2.38. The number of hydrogen-bond donors (Lipinski definition) is 3. The molecule has 2 atom stereocenters. The molecule has 4 nitrogen and oxygen atoms in total. The van der Waals surface area contributed by atoms with Crippen LogP contribution in [0.2, 0.25) is 0 Å². The summed E-state index contributed by atoms with van der Waals surface area (Å²) in [4.78, 5) is 12.5. The Morgan fingerprint density at radius 2 is 2.10 bits per heavy atom. The lowest BCUT2D eigenvalue weighted by atomic mass is 9.76. The van der Waals surface area contributed by atoms with Crippen molar-refractivity contribution in [3.8, 4) is 5.75 Å². The highest BCUT2D eigenvalue weighted by molar-refractivity contribution is 5.98. The molecule has 1 fully saturated rings. The number of nitrogens with one attached hydrogen (secondary N) is 1. The Hall–Kier alpha value is -1.55. The van der Waals surface area contributed by atoms with Gasteiger partial charge in [-0.05, 0) is 55.9 Å². The van der Waals surface area contributed by atoms with Gasteiger partial charge in [-0.15, -0.1) is 0 Å². The predicted molar refractivity (Wildman–Crippen MR) is 80.8 cm³/mol. The summed E-state index contributed by atoms with van der Waals surface area (Å²) in [6, 6.07) is 3.45. The third-order valence-electron chi connectivity index (χ3n) is 4.28. The molecule has 1 amide bonds. The molecule has 110 valence electrons. The van der Waals surface area contributed by atoms with Gasteiger partial charge in [0.2, 0.25) is 5.91 Å². The first-order valence-electron chi connectivity index (χ1n) is 7.22. The van der Waals surface area contributed by atoms with Crippen LogP contribution in [0, 0.1) is 19.8 Å². The van der Waals surface area contributed by atoms with Crippen molar-refractivity contribution in [1.29, 1.82) is 0 Å². The number of aromatic hydroxyl groups is 1. The number of carbonyl (C=O) groups excluding carboxylic acids is 1. The maximum atomic E-state index is 12.5. The van der Waals surface area contributed by atoms with Gasteiger partial charge in [0.05, 0.1) is 5.54 Å². The summed E-state index contributed by atoms with van der Waals surface area (Å²) in [6.45, 7) is 5.82. The summed E-state index contributed by atoms with van der Waals surface area (Å²) < 4.78 is 0. The lowest BCUT2D eigenvalue weighted by molar-refractivity contribution is -0.122. The van der Waals surface area contributed by atoms with E-state index < -0.39 is 5.54 Å². The minimum Gasteiger partial charge on any atom is -0.508 e. The molecular weight excluding hydrogens is 252 g/mol. The summed E-state index contributed by atoms with van der Waals surface area (Å²) in [7, 11) is 0. The Morgan fingerprint density at radius 1 is 1.40 bits per heavy atom. The Labute approximate surface area is 120 Å². The summed E-state index contributed by atoms with van der Waals surface area (Å²) in [5.41, 5.74) is 7.85. The van der Waals surface area contributed by atoms with Crippen LogP contribution < -0.4 is 11.1 Å². The third-order valence-corrected chi connectivity index (χ3v) is 4.28. The molecule has 4 heteroatoms. The molecule has 0 radical (unpaired) electrons. The van der Waals surface area contributed by atoms with E-state index in [9.17, 15) is 9.90 Å². The first-order valence-corrected chi connectivity index (χ1v) is 7.22. The number of carbonyl (C=O) groups is 1. The van der Waals surface area contributed by atoms with Crippen molar-refractivity contribution in [2.24, 2.45) is 11.7 Å². The smallest absolute Gasteiger partial charge is 0.244 e. The normalized spacial score (nSPS) is 26.3. The van der Waals surface area contributed by atoms with E-state index in [1.54, 1.807) is 12.1 Å². The van der Waals surface area contributed by atoms with Crippen molar-refractivity contribution >= 4 is 11.6 Å². The van der Waals surface area contributed by atoms with Crippen LogP contribution in [-0.4, -0.2) is 16.6 Å². The van der Waals surface area contributed by atoms with Crippen molar-refractivity contribution in [3.05, 3.63) is 23.3 Å². The highest BCUT2D eigenvalue weighted by atomic mass is 16.3. The van der Waals surface area contributed by atoms with E-state index in [4.69, 9.17) is 5.73 Å². The van der Waals surface area contributed by atoms with E-state index in [2.05, 4.69) is 12.2 Å². The number of phenols is 1. The molecule has 0 aliphatic heterocycles. The van der Waals surface area contributed by atoms with Gasteiger partial charge in [-0.1, -0.05) is 19.8 Å². The molecule has 4 N–H and O–H groups in total.